The van der Waals surface area contributed by atoms with Crippen LogP contribution in [0.2, 0.25) is 5.02 Å². The molecule has 0 saturated heterocycles. The summed E-state index contributed by atoms with van der Waals surface area (Å²) in [5, 5.41) is 10.1. The van der Waals surface area contributed by atoms with E-state index in [0.29, 0.717) is 10.6 Å². The Morgan fingerprint density at radius 3 is 2.80 bits per heavy atom. The molecule has 1 aromatic carbocycles. The maximum absolute atomic E-state index is 11.2. The number of rotatable bonds is 3. The van der Waals surface area contributed by atoms with E-state index in [4.69, 9.17) is 16.3 Å². The zero-order chi connectivity index (χ0) is 11.4. The lowest BCUT2D eigenvalue weighted by atomic mass is 10.1. The van der Waals surface area contributed by atoms with Crippen molar-refractivity contribution in [3.05, 3.63) is 34.3 Å². The molecule has 1 atom stereocenters. The van der Waals surface area contributed by atoms with E-state index in [1.165, 1.54) is 0 Å². The van der Waals surface area contributed by atoms with Gasteiger partial charge in [-0.25, -0.2) is 4.79 Å². The summed E-state index contributed by atoms with van der Waals surface area (Å²) in [6.07, 6.45) is -1.26. The molecule has 0 aliphatic carbocycles. The Labute approximate surface area is 93.6 Å². The van der Waals surface area contributed by atoms with Crippen molar-refractivity contribution in [2.45, 2.75) is 20.0 Å². The summed E-state index contributed by atoms with van der Waals surface area (Å²) in [4.78, 5) is 11.2. The van der Waals surface area contributed by atoms with Crippen molar-refractivity contribution in [3.8, 4) is 0 Å². The minimum Gasteiger partial charge on any atom is -0.464 e. The second-order valence-corrected chi connectivity index (χ2v) is 3.57. The number of esters is 1. The molecule has 0 spiro atoms. The molecule has 0 aromatic heterocycles. The summed E-state index contributed by atoms with van der Waals surface area (Å²) >= 11 is 5.88. The summed E-state index contributed by atoms with van der Waals surface area (Å²) in [5.74, 6) is -0.655. The van der Waals surface area contributed by atoms with Gasteiger partial charge < -0.3 is 9.84 Å². The van der Waals surface area contributed by atoms with Crippen LogP contribution in [0.1, 0.15) is 24.2 Å². The van der Waals surface area contributed by atoms with Crippen LogP contribution in [0, 0.1) is 6.92 Å². The molecule has 0 aliphatic rings. The van der Waals surface area contributed by atoms with Gasteiger partial charge >= 0.3 is 5.97 Å². The first-order valence-electron chi connectivity index (χ1n) is 4.67. The SMILES string of the molecule is CCOC(=O)C(O)c1ccc(C)c(Cl)c1. The second-order valence-electron chi connectivity index (χ2n) is 3.16. The van der Waals surface area contributed by atoms with Crippen LogP contribution in [0.5, 0.6) is 0 Å². The van der Waals surface area contributed by atoms with E-state index in [9.17, 15) is 9.90 Å². The highest BCUT2D eigenvalue weighted by Crippen LogP contribution is 2.22. The number of benzene rings is 1. The fourth-order valence-electron chi connectivity index (χ4n) is 1.14. The van der Waals surface area contributed by atoms with E-state index in [2.05, 4.69) is 0 Å². The third-order valence-corrected chi connectivity index (χ3v) is 2.43. The van der Waals surface area contributed by atoms with Gasteiger partial charge in [0, 0.05) is 5.02 Å². The Balaban J connectivity index is 2.86. The Bertz CT molecular complexity index is 363. The Kier molecular flexibility index (Phi) is 4.12. The molecule has 1 rings (SSSR count). The third kappa shape index (κ3) is 2.94. The summed E-state index contributed by atoms with van der Waals surface area (Å²) in [6.45, 7) is 3.78. The predicted octanol–water partition coefficient (Wildman–Crippen LogP) is 2.24. The molecule has 1 N–H and O–H groups in total. The van der Waals surface area contributed by atoms with Crippen molar-refractivity contribution in [2.24, 2.45) is 0 Å². The number of carbonyl (C=O) groups is 1. The number of hydrogen-bond donors (Lipinski definition) is 1. The monoisotopic (exact) mass is 228 g/mol. The Morgan fingerprint density at radius 1 is 1.60 bits per heavy atom. The van der Waals surface area contributed by atoms with Crippen molar-refractivity contribution in [2.75, 3.05) is 6.61 Å². The molecule has 0 bridgehead atoms. The van der Waals surface area contributed by atoms with Crippen molar-refractivity contribution in [3.63, 3.8) is 0 Å². The van der Waals surface area contributed by atoms with Gasteiger partial charge in [0.15, 0.2) is 6.10 Å². The van der Waals surface area contributed by atoms with Gasteiger partial charge in [-0.05, 0) is 31.0 Å². The fraction of sp³-hybridized carbons (Fsp3) is 0.364. The minimum absolute atomic E-state index is 0.246. The molecule has 0 aliphatic heterocycles. The van der Waals surface area contributed by atoms with E-state index in [-0.39, 0.29) is 6.61 Å². The molecule has 15 heavy (non-hydrogen) atoms. The van der Waals surface area contributed by atoms with Crippen molar-refractivity contribution in [1.82, 2.24) is 0 Å². The van der Waals surface area contributed by atoms with Gasteiger partial charge in [0.1, 0.15) is 0 Å². The molecule has 82 valence electrons. The lowest BCUT2D eigenvalue weighted by Crippen LogP contribution is -2.15. The highest BCUT2D eigenvalue weighted by atomic mass is 35.5. The van der Waals surface area contributed by atoms with Crippen molar-refractivity contribution < 1.29 is 14.6 Å². The quantitative estimate of drug-likeness (QED) is 0.808. The normalized spacial score (nSPS) is 12.3. The van der Waals surface area contributed by atoms with Gasteiger partial charge in [-0.1, -0.05) is 23.7 Å². The average molecular weight is 229 g/mol. The topological polar surface area (TPSA) is 46.5 Å². The summed E-state index contributed by atoms with van der Waals surface area (Å²) in [7, 11) is 0. The third-order valence-electron chi connectivity index (χ3n) is 2.02. The summed E-state index contributed by atoms with van der Waals surface area (Å²) in [6, 6.07) is 4.97. The minimum atomic E-state index is -1.26. The van der Waals surface area contributed by atoms with Crippen LogP contribution in [0.3, 0.4) is 0 Å². The largest absolute Gasteiger partial charge is 0.464 e. The molecule has 0 amide bonds. The first-order chi connectivity index (χ1) is 7.06. The Morgan fingerprint density at radius 2 is 2.27 bits per heavy atom. The summed E-state index contributed by atoms with van der Waals surface area (Å²) in [5.41, 5.74) is 1.35. The zero-order valence-electron chi connectivity index (χ0n) is 8.66. The van der Waals surface area contributed by atoms with Gasteiger partial charge in [0.05, 0.1) is 6.61 Å². The predicted molar refractivity (Wildman–Crippen MR) is 57.8 cm³/mol. The van der Waals surface area contributed by atoms with E-state index in [0.717, 1.165) is 5.56 Å². The highest BCUT2D eigenvalue weighted by Gasteiger charge is 2.18. The van der Waals surface area contributed by atoms with Gasteiger partial charge in [0.25, 0.3) is 0 Å². The van der Waals surface area contributed by atoms with Gasteiger partial charge in [-0.2, -0.15) is 0 Å². The van der Waals surface area contributed by atoms with Crippen molar-refractivity contribution >= 4 is 17.6 Å². The van der Waals surface area contributed by atoms with E-state index >= 15 is 0 Å². The average Bonchev–Trinajstić information content (AvgIpc) is 2.21. The number of ether oxygens (including phenoxy) is 1. The van der Waals surface area contributed by atoms with Crippen LogP contribution in [0.25, 0.3) is 0 Å². The van der Waals surface area contributed by atoms with E-state index < -0.39 is 12.1 Å². The first-order valence-corrected chi connectivity index (χ1v) is 5.04. The van der Waals surface area contributed by atoms with Crippen LogP contribution in [0.4, 0.5) is 0 Å². The lowest BCUT2D eigenvalue weighted by Gasteiger charge is -2.10. The number of hydrogen-bond acceptors (Lipinski definition) is 3. The van der Waals surface area contributed by atoms with Crippen LogP contribution in [-0.4, -0.2) is 17.7 Å². The summed E-state index contributed by atoms with van der Waals surface area (Å²) < 4.78 is 4.70. The number of halogens is 1. The number of aryl methyl sites for hydroxylation is 1. The van der Waals surface area contributed by atoms with Gasteiger partial charge in [-0.3, -0.25) is 0 Å². The van der Waals surface area contributed by atoms with Gasteiger partial charge in [0.2, 0.25) is 0 Å². The molecule has 1 unspecified atom stereocenters. The van der Waals surface area contributed by atoms with Crippen LogP contribution >= 0.6 is 11.6 Å². The molecule has 1 aromatic rings. The molecule has 4 heteroatoms. The van der Waals surface area contributed by atoms with Crippen molar-refractivity contribution in [1.29, 1.82) is 0 Å². The number of aliphatic hydroxyl groups is 1. The van der Waals surface area contributed by atoms with E-state index in [1.807, 2.05) is 6.92 Å². The van der Waals surface area contributed by atoms with Crippen LogP contribution in [0.15, 0.2) is 18.2 Å². The second kappa shape index (κ2) is 5.14. The number of carbonyl (C=O) groups excluding carboxylic acids is 1. The molecular weight excluding hydrogens is 216 g/mol. The fourth-order valence-corrected chi connectivity index (χ4v) is 1.33. The maximum atomic E-state index is 11.2. The maximum Gasteiger partial charge on any atom is 0.339 e. The molecule has 0 fully saturated rings. The molecule has 0 radical (unpaired) electrons. The standard InChI is InChI=1S/C11H13ClO3/c1-3-15-11(14)10(13)8-5-4-7(2)9(12)6-8/h4-6,10,13H,3H2,1-2H3. The Hall–Kier alpha value is -1.06. The smallest absolute Gasteiger partial charge is 0.339 e. The first kappa shape index (κ1) is 12.0. The number of aliphatic hydroxyl groups excluding tert-OH is 1. The van der Waals surface area contributed by atoms with Crippen LogP contribution in [-0.2, 0) is 9.53 Å². The molecular formula is C11H13ClO3. The molecule has 0 saturated carbocycles. The lowest BCUT2D eigenvalue weighted by molar-refractivity contribution is -0.153. The highest BCUT2D eigenvalue weighted by molar-refractivity contribution is 6.31. The van der Waals surface area contributed by atoms with Gasteiger partial charge in [-0.15, -0.1) is 0 Å². The zero-order valence-corrected chi connectivity index (χ0v) is 9.41. The molecule has 0 heterocycles. The molecule has 3 nitrogen and oxygen atoms in total. The van der Waals surface area contributed by atoms with E-state index in [1.54, 1.807) is 25.1 Å². The van der Waals surface area contributed by atoms with Crippen LogP contribution < -0.4 is 0 Å².